The maximum Gasteiger partial charge on any atom is 0.328 e. The van der Waals surface area contributed by atoms with E-state index in [9.17, 15) is 13.2 Å². The molecule has 0 amide bonds. The Kier molecular flexibility index (Phi) is 4.86. The summed E-state index contributed by atoms with van der Waals surface area (Å²) in [5.41, 5.74) is 3.06. The van der Waals surface area contributed by atoms with E-state index in [2.05, 4.69) is 4.72 Å². The molecule has 0 saturated carbocycles. The van der Waals surface area contributed by atoms with Crippen molar-refractivity contribution in [3.8, 4) is 0 Å². The number of anilines is 1. The summed E-state index contributed by atoms with van der Waals surface area (Å²) < 4.78 is 27.3. The lowest BCUT2D eigenvalue weighted by atomic mass is 10.1. The minimum atomic E-state index is -3.69. The van der Waals surface area contributed by atoms with E-state index in [0.717, 1.165) is 17.2 Å². The van der Waals surface area contributed by atoms with Crippen molar-refractivity contribution in [2.75, 3.05) is 4.72 Å². The van der Waals surface area contributed by atoms with E-state index in [1.807, 2.05) is 19.9 Å². The lowest BCUT2D eigenvalue weighted by Crippen LogP contribution is -2.13. The number of hydrogen-bond acceptors (Lipinski definition) is 3. The highest BCUT2D eigenvalue weighted by atomic mass is 32.2. The first kappa shape index (κ1) is 16.8. The summed E-state index contributed by atoms with van der Waals surface area (Å²) in [7, 11) is -3.69. The Morgan fingerprint density at radius 2 is 1.61 bits per heavy atom. The molecule has 2 aromatic carbocycles. The molecule has 23 heavy (non-hydrogen) atoms. The number of aryl methyl sites for hydroxylation is 2. The molecule has 0 aliphatic heterocycles. The minimum Gasteiger partial charge on any atom is -0.478 e. The Hall–Kier alpha value is -2.60. The van der Waals surface area contributed by atoms with Gasteiger partial charge in [-0.05, 0) is 60.9 Å². The van der Waals surface area contributed by atoms with E-state index in [4.69, 9.17) is 5.11 Å². The summed E-state index contributed by atoms with van der Waals surface area (Å²) >= 11 is 0. The minimum absolute atomic E-state index is 0.115. The van der Waals surface area contributed by atoms with Gasteiger partial charge in [0.05, 0.1) is 4.90 Å². The average Bonchev–Trinajstić information content (AvgIpc) is 2.44. The van der Waals surface area contributed by atoms with E-state index in [0.29, 0.717) is 11.3 Å². The smallest absolute Gasteiger partial charge is 0.328 e. The van der Waals surface area contributed by atoms with Crippen molar-refractivity contribution < 1.29 is 18.3 Å². The third kappa shape index (κ3) is 4.69. The number of benzene rings is 2. The summed E-state index contributed by atoms with van der Waals surface area (Å²) in [6, 6.07) is 11.5. The zero-order valence-corrected chi connectivity index (χ0v) is 13.6. The van der Waals surface area contributed by atoms with Crippen LogP contribution in [0.1, 0.15) is 16.7 Å². The monoisotopic (exact) mass is 331 g/mol. The van der Waals surface area contributed by atoms with E-state index in [1.54, 1.807) is 24.3 Å². The molecule has 0 aliphatic rings. The molecular formula is C17H17NO4S. The molecule has 5 nitrogen and oxygen atoms in total. The molecule has 0 radical (unpaired) electrons. The third-order valence-corrected chi connectivity index (χ3v) is 4.48. The van der Waals surface area contributed by atoms with Crippen LogP contribution < -0.4 is 4.72 Å². The third-order valence-electron chi connectivity index (χ3n) is 3.08. The largest absolute Gasteiger partial charge is 0.478 e. The summed E-state index contributed by atoms with van der Waals surface area (Å²) in [5, 5.41) is 8.57. The molecule has 0 bridgehead atoms. The molecule has 2 N–H and O–H groups in total. The molecule has 0 atom stereocenters. The average molecular weight is 331 g/mol. The van der Waals surface area contributed by atoms with Gasteiger partial charge in [-0.25, -0.2) is 13.2 Å². The second kappa shape index (κ2) is 6.66. The second-order valence-electron chi connectivity index (χ2n) is 5.22. The summed E-state index contributed by atoms with van der Waals surface area (Å²) in [4.78, 5) is 10.6. The maximum absolute atomic E-state index is 12.4. The number of hydrogen-bond donors (Lipinski definition) is 2. The van der Waals surface area contributed by atoms with Crippen molar-refractivity contribution in [1.82, 2.24) is 0 Å². The van der Waals surface area contributed by atoms with Crippen LogP contribution in [0, 0.1) is 13.8 Å². The molecule has 0 heterocycles. The fraction of sp³-hybridized carbons (Fsp3) is 0.118. The molecule has 6 heteroatoms. The SMILES string of the molecule is Cc1cc(C)cc(NS(=O)(=O)c2ccc(C=CC(=O)O)cc2)c1. The summed E-state index contributed by atoms with van der Waals surface area (Å²) in [6.45, 7) is 3.79. The van der Waals surface area contributed by atoms with Crippen LogP contribution in [0.15, 0.2) is 53.4 Å². The number of carboxylic acid groups (broad SMARTS) is 1. The van der Waals surface area contributed by atoms with Gasteiger partial charge in [0, 0.05) is 11.8 Å². The van der Waals surface area contributed by atoms with E-state index < -0.39 is 16.0 Å². The van der Waals surface area contributed by atoms with Crippen LogP contribution in [0.2, 0.25) is 0 Å². The van der Waals surface area contributed by atoms with Crippen molar-refractivity contribution in [1.29, 1.82) is 0 Å². The fourth-order valence-corrected chi connectivity index (χ4v) is 3.21. The van der Waals surface area contributed by atoms with Crippen LogP contribution in [0.3, 0.4) is 0 Å². The number of carbonyl (C=O) groups is 1. The molecule has 0 aromatic heterocycles. The van der Waals surface area contributed by atoms with E-state index >= 15 is 0 Å². The topological polar surface area (TPSA) is 83.5 Å². The Bertz CT molecular complexity index is 832. The Labute approximate surface area is 135 Å². The van der Waals surface area contributed by atoms with Crippen LogP contribution in [0.4, 0.5) is 5.69 Å². The lowest BCUT2D eigenvalue weighted by molar-refractivity contribution is -0.131. The van der Waals surface area contributed by atoms with Gasteiger partial charge in [-0.1, -0.05) is 18.2 Å². The van der Waals surface area contributed by atoms with Crippen molar-refractivity contribution >= 4 is 27.8 Å². The highest BCUT2D eigenvalue weighted by Gasteiger charge is 2.14. The molecule has 0 unspecified atom stereocenters. The summed E-state index contributed by atoms with van der Waals surface area (Å²) in [6.07, 6.45) is 2.40. The van der Waals surface area contributed by atoms with Crippen LogP contribution in [-0.2, 0) is 14.8 Å². The van der Waals surface area contributed by atoms with Gasteiger partial charge in [0.1, 0.15) is 0 Å². The second-order valence-corrected chi connectivity index (χ2v) is 6.90. The van der Waals surface area contributed by atoms with Crippen LogP contribution in [0.25, 0.3) is 6.08 Å². The van der Waals surface area contributed by atoms with Crippen LogP contribution in [0.5, 0.6) is 0 Å². The Morgan fingerprint density at radius 1 is 1.04 bits per heavy atom. The molecule has 0 saturated heterocycles. The van der Waals surface area contributed by atoms with Crippen molar-refractivity contribution in [2.24, 2.45) is 0 Å². The number of sulfonamides is 1. The van der Waals surface area contributed by atoms with Gasteiger partial charge in [-0.15, -0.1) is 0 Å². The van der Waals surface area contributed by atoms with Gasteiger partial charge >= 0.3 is 5.97 Å². The fourth-order valence-electron chi connectivity index (χ4n) is 2.17. The van der Waals surface area contributed by atoms with Gasteiger partial charge in [0.2, 0.25) is 0 Å². The number of aliphatic carboxylic acids is 1. The number of nitrogens with one attached hydrogen (secondary N) is 1. The molecule has 0 fully saturated rings. The van der Waals surface area contributed by atoms with Crippen molar-refractivity contribution in [2.45, 2.75) is 18.7 Å². The quantitative estimate of drug-likeness (QED) is 0.824. The number of carboxylic acids is 1. The first-order chi connectivity index (χ1) is 10.8. The molecule has 2 rings (SSSR count). The molecule has 0 spiro atoms. The highest BCUT2D eigenvalue weighted by Crippen LogP contribution is 2.19. The predicted molar refractivity (Wildman–Crippen MR) is 89.8 cm³/mol. The molecule has 0 aliphatic carbocycles. The first-order valence-electron chi connectivity index (χ1n) is 6.88. The standard InChI is InChI=1S/C17H17NO4S/c1-12-9-13(2)11-15(10-12)18-23(21,22)16-6-3-14(4-7-16)5-8-17(19)20/h3-11,18H,1-2H3,(H,19,20). The van der Waals surface area contributed by atoms with Gasteiger partial charge in [0.15, 0.2) is 0 Å². The van der Waals surface area contributed by atoms with Crippen LogP contribution >= 0.6 is 0 Å². The van der Waals surface area contributed by atoms with Gasteiger partial charge in [-0.3, -0.25) is 4.72 Å². The Balaban J connectivity index is 2.24. The van der Waals surface area contributed by atoms with Gasteiger partial charge < -0.3 is 5.11 Å². The summed E-state index contributed by atoms with van der Waals surface area (Å²) in [5.74, 6) is -1.06. The van der Waals surface area contributed by atoms with Crippen molar-refractivity contribution in [3.63, 3.8) is 0 Å². The van der Waals surface area contributed by atoms with E-state index in [-0.39, 0.29) is 4.90 Å². The zero-order chi connectivity index (χ0) is 17.0. The zero-order valence-electron chi connectivity index (χ0n) is 12.8. The predicted octanol–water partition coefficient (Wildman–Crippen LogP) is 3.20. The Morgan fingerprint density at radius 3 is 2.13 bits per heavy atom. The van der Waals surface area contributed by atoms with Crippen LogP contribution in [-0.4, -0.2) is 19.5 Å². The normalized spacial score (nSPS) is 11.6. The lowest BCUT2D eigenvalue weighted by Gasteiger charge is -2.10. The highest BCUT2D eigenvalue weighted by molar-refractivity contribution is 7.92. The van der Waals surface area contributed by atoms with Gasteiger partial charge in [0.25, 0.3) is 10.0 Å². The van der Waals surface area contributed by atoms with Gasteiger partial charge in [-0.2, -0.15) is 0 Å². The molecular weight excluding hydrogens is 314 g/mol. The van der Waals surface area contributed by atoms with E-state index in [1.165, 1.54) is 18.2 Å². The maximum atomic E-state index is 12.4. The first-order valence-corrected chi connectivity index (χ1v) is 8.37. The molecule has 120 valence electrons. The van der Waals surface area contributed by atoms with Crippen molar-refractivity contribution in [3.05, 3.63) is 65.2 Å². The number of rotatable bonds is 5. The molecule has 2 aromatic rings.